The van der Waals surface area contributed by atoms with Gasteiger partial charge in [-0.05, 0) is 64.3 Å². The Morgan fingerprint density at radius 1 is 1.18 bits per heavy atom. The van der Waals surface area contributed by atoms with E-state index in [0.29, 0.717) is 0 Å². The zero-order valence-corrected chi connectivity index (χ0v) is 11.7. The molecule has 0 aromatic heterocycles. The van der Waals surface area contributed by atoms with E-state index in [4.69, 9.17) is 4.74 Å². The van der Waals surface area contributed by atoms with Crippen molar-refractivity contribution in [1.82, 2.24) is 10.2 Å². The molecule has 1 fully saturated rings. The molecule has 0 aliphatic carbocycles. The molecule has 0 aromatic carbocycles. The lowest BCUT2D eigenvalue weighted by atomic mass is 9.97. The van der Waals surface area contributed by atoms with E-state index in [1.807, 2.05) is 7.11 Å². The molecular formula is C14H30N2O. The van der Waals surface area contributed by atoms with Gasteiger partial charge in [0.1, 0.15) is 0 Å². The topological polar surface area (TPSA) is 24.5 Å². The van der Waals surface area contributed by atoms with Crippen LogP contribution >= 0.6 is 0 Å². The van der Waals surface area contributed by atoms with Crippen LogP contribution in [0.15, 0.2) is 0 Å². The van der Waals surface area contributed by atoms with E-state index in [1.165, 1.54) is 58.3 Å². The smallest absolute Gasteiger partial charge is 0.0491 e. The third-order valence-electron chi connectivity index (χ3n) is 3.69. The molecule has 0 saturated carbocycles. The third-order valence-corrected chi connectivity index (χ3v) is 3.69. The predicted octanol–water partition coefficient (Wildman–Crippen LogP) is 2.12. The van der Waals surface area contributed by atoms with Gasteiger partial charge in [-0.3, -0.25) is 0 Å². The molecule has 1 heterocycles. The minimum atomic E-state index is 0.810. The van der Waals surface area contributed by atoms with Gasteiger partial charge in [0.2, 0.25) is 0 Å². The Morgan fingerprint density at radius 2 is 1.94 bits per heavy atom. The molecule has 17 heavy (non-hydrogen) atoms. The number of hydrogen-bond acceptors (Lipinski definition) is 3. The lowest BCUT2D eigenvalue weighted by molar-refractivity contribution is 0.0988. The minimum absolute atomic E-state index is 0.810. The van der Waals surface area contributed by atoms with Crippen molar-refractivity contribution in [2.45, 2.75) is 39.0 Å². The van der Waals surface area contributed by atoms with Crippen LogP contribution in [0, 0.1) is 5.92 Å². The molecule has 102 valence electrons. The number of rotatable bonds is 9. The van der Waals surface area contributed by atoms with E-state index in [2.05, 4.69) is 17.1 Å². The Kier molecular flexibility index (Phi) is 8.67. The Balaban J connectivity index is 1.91. The van der Waals surface area contributed by atoms with Crippen LogP contribution in [0.3, 0.4) is 0 Å². The van der Waals surface area contributed by atoms with Gasteiger partial charge in [-0.15, -0.1) is 0 Å². The maximum absolute atomic E-state index is 5.23. The van der Waals surface area contributed by atoms with Crippen molar-refractivity contribution in [1.29, 1.82) is 0 Å². The fourth-order valence-corrected chi connectivity index (χ4v) is 2.55. The summed E-state index contributed by atoms with van der Waals surface area (Å²) in [5.74, 6) is 0.810. The van der Waals surface area contributed by atoms with Gasteiger partial charge in [0.15, 0.2) is 0 Å². The molecule has 0 amide bonds. The normalized spacial score (nSPS) is 18.7. The fraction of sp³-hybridized carbons (Fsp3) is 1.00. The highest BCUT2D eigenvalue weighted by Crippen LogP contribution is 2.17. The Hall–Kier alpha value is -0.120. The predicted molar refractivity (Wildman–Crippen MR) is 73.4 cm³/mol. The first-order chi connectivity index (χ1) is 8.36. The van der Waals surface area contributed by atoms with Crippen LogP contribution in [0.25, 0.3) is 0 Å². The number of likely N-dealkylation sites (tertiary alicyclic amines) is 1. The zero-order valence-electron chi connectivity index (χ0n) is 11.7. The number of unbranched alkanes of at least 4 members (excludes halogenated alkanes) is 2. The van der Waals surface area contributed by atoms with Crippen molar-refractivity contribution in [3.63, 3.8) is 0 Å². The number of methoxy groups -OCH3 is 1. The zero-order chi connectivity index (χ0) is 12.3. The first-order valence-corrected chi connectivity index (χ1v) is 7.28. The average Bonchev–Trinajstić information content (AvgIpc) is 2.36. The molecule has 0 bridgehead atoms. The van der Waals surface area contributed by atoms with Crippen LogP contribution in [0.5, 0.6) is 0 Å². The van der Waals surface area contributed by atoms with Gasteiger partial charge in [0, 0.05) is 13.7 Å². The number of piperidine rings is 1. The highest BCUT2D eigenvalue weighted by molar-refractivity contribution is 4.71. The van der Waals surface area contributed by atoms with E-state index in [1.54, 1.807) is 0 Å². The number of nitrogens with zero attached hydrogens (tertiary/aromatic N) is 1. The third kappa shape index (κ3) is 7.02. The Labute approximate surface area is 107 Å². The standard InChI is InChI=1S/C14H30N2O/c1-3-15-9-5-4-6-10-16-11-7-14(8-12-16)13-17-2/h14-15H,3-13H2,1-2H3. The highest BCUT2D eigenvalue weighted by atomic mass is 16.5. The first-order valence-electron chi connectivity index (χ1n) is 7.28. The van der Waals surface area contributed by atoms with Crippen molar-refractivity contribution in [3.8, 4) is 0 Å². The van der Waals surface area contributed by atoms with Gasteiger partial charge in [0.25, 0.3) is 0 Å². The highest BCUT2D eigenvalue weighted by Gasteiger charge is 2.18. The van der Waals surface area contributed by atoms with Crippen LogP contribution < -0.4 is 5.32 Å². The van der Waals surface area contributed by atoms with E-state index >= 15 is 0 Å². The molecular weight excluding hydrogens is 212 g/mol. The molecule has 1 aliphatic heterocycles. The summed E-state index contributed by atoms with van der Waals surface area (Å²) in [6.07, 6.45) is 6.70. The van der Waals surface area contributed by atoms with Crippen LogP contribution in [-0.4, -0.2) is 51.3 Å². The van der Waals surface area contributed by atoms with Crippen molar-refractivity contribution in [2.24, 2.45) is 5.92 Å². The van der Waals surface area contributed by atoms with E-state index in [0.717, 1.165) is 19.1 Å². The van der Waals surface area contributed by atoms with Crippen LogP contribution in [0.2, 0.25) is 0 Å². The van der Waals surface area contributed by atoms with E-state index in [-0.39, 0.29) is 0 Å². The van der Waals surface area contributed by atoms with Crippen molar-refractivity contribution < 1.29 is 4.74 Å². The lowest BCUT2D eigenvalue weighted by Gasteiger charge is -2.31. The first kappa shape index (κ1) is 14.9. The van der Waals surface area contributed by atoms with Crippen LogP contribution in [-0.2, 0) is 4.74 Å². The minimum Gasteiger partial charge on any atom is -0.384 e. The Bertz CT molecular complexity index is 168. The maximum atomic E-state index is 5.23. The summed E-state index contributed by atoms with van der Waals surface area (Å²) >= 11 is 0. The summed E-state index contributed by atoms with van der Waals surface area (Å²) in [6, 6.07) is 0. The summed E-state index contributed by atoms with van der Waals surface area (Å²) in [5, 5.41) is 3.38. The van der Waals surface area contributed by atoms with Gasteiger partial charge in [0.05, 0.1) is 0 Å². The van der Waals surface area contributed by atoms with E-state index < -0.39 is 0 Å². The summed E-state index contributed by atoms with van der Waals surface area (Å²) in [4.78, 5) is 2.62. The fourth-order valence-electron chi connectivity index (χ4n) is 2.55. The molecule has 0 unspecified atom stereocenters. The van der Waals surface area contributed by atoms with Crippen molar-refractivity contribution in [3.05, 3.63) is 0 Å². The quantitative estimate of drug-likeness (QED) is 0.627. The molecule has 1 rings (SSSR count). The summed E-state index contributed by atoms with van der Waals surface area (Å²) in [6.45, 7) is 9.27. The molecule has 1 aliphatic rings. The summed E-state index contributed by atoms with van der Waals surface area (Å²) in [5.41, 5.74) is 0. The number of ether oxygens (including phenoxy) is 1. The molecule has 0 radical (unpaired) electrons. The maximum Gasteiger partial charge on any atom is 0.0491 e. The monoisotopic (exact) mass is 242 g/mol. The van der Waals surface area contributed by atoms with Gasteiger partial charge in [-0.1, -0.05) is 13.3 Å². The van der Waals surface area contributed by atoms with Crippen LogP contribution in [0.1, 0.15) is 39.0 Å². The van der Waals surface area contributed by atoms with Crippen LogP contribution in [0.4, 0.5) is 0 Å². The Morgan fingerprint density at radius 3 is 2.59 bits per heavy atom. The molecule has 0 aromatic rings. The molecule has 1 saturated heterocycles. The average molecular weight is 242 g/mol. The summed E-state index contributed by atoms with van der Waals surface area (Å²) in [7, 11) is 1.82. The molecule has 0 atom stereocenters. The van der Waals surface area contributed by atoms with Gasteiger partial charge in [-0.25, -0.2) is 0 Å². The van der Waals surface area contributed by atoms with Gasteiger partial charge >= 0.3 is 0 Å². The SMILES string of the molecule is CCNCCCCCN1CCC(COC)CC1. The number of nitrogens with one attached hydrogen (secondary N) is 1. The molecule has 1 N–H and O–H groups in total. The summed E-state index contributed by atoms with van der Waals surface area (Å²) < 4.78 is 5.23. The molecule has 3 heteroatoms. The largest absolute Gasteiger partial charge is 0.384 e. The second-order valence-electron chi connectivity index (χ2n) is 5.15. The van der Waals surface area contributed by atoms with E-state index in [9.17, 15) is 0 Å². The lowest BCUT2D eigenvalue weighted by Crippen LogP contribution is -2.35. The van der Waals surface area contributed by atoms with Gasteiger partial charge in [-0.2, -0.15) is 0 Å². The molecule has 0 spiro atoms. The van der Waals surface area contributed by atoms with Crippen molar-refractivity contribution in [2.75, 3.05) is 46.4 Å². The van der Waals surface area contributed by atoms with Crippen molar-refractivity contribution >= 4 is 0 Å². The second kappa shape index (κ2) is 9.86. The number of hydrogen-bond donors (Lipinski definition) is 1. The molecule has 3 nitrogen and oxygen atoms in total. The second-order valence-corrected chi connectivity index (χ2v) is 5.15. The van der Waals surface area contributed by atoms with Gasteiger partial charge < -0.3 is 15.0 Å².